The van der Waals surface area contributed by atoms with Crippen LogP contribution in [0.3, 0.4) is 0 Å². The first-order chi connectivity index (χ1) is 8.52. The number of hydrogen-bond acceptors (Lipinski definition) is 4. The number of benzene rings is 1. The number of rotatable bonds is 3. The van der Waals surface area contributed by atoms with Crippen molar-refractivity contribution in [1.29, 1.82) is 5.26 Å². The van der Waals surface area contributed by atoms with E-state index in [9.17, 15) is 4.79 Å². The molecule has 18 heavy (non-hydrogen) atoms. The summed E-state index contributed by atoms with van der Waals surface area (Å²) in [6, 6.07) is 6.45. The van der Waals surface area contributed by atoms with Crippen LogP contribution in [0.25, 0.3) is 10.9 Å². The zero-order valence-electron chi connectivity index (χ0n) is 9.79. The molecule has 6 heteroatoms. The second-order valence-electron chi connectivity index (χ2n) is 4.08. The number of aliphatic carboxylic acids is 1. The van der Waals surface area contributed by atoms with Gasteiger partial charge in [0, 0.05) is 12.4 Å². The average Bonchev–Trinajstić information content (AvgIpc) is 2.65. The Balaban J connectivity index is 2.44. The van der Waals surface area contributed by atoms with Gasteiger partial charge in [-0.05, 0) is 24.1 Å². The molecule has 0 aliphatic heterocycles. The highest BCUT2D eigenvalue weighted by atomic mass is 16.4. The number of hydrogen-bond donors (Lipinski definition) is 2. The van der Waals surface area contributed by atoms with E-state index >= 15 is 0 Å². The first kappa shape index (κ1) is 12.1. The summed E-state index contributed by atoms with van der Waals surface area (Å²) in [6.45, 7) is 0. The van der Waals surface area contributed by atoms with Crippen LogP contribution in [0.5, 0.6) is 0 Å². The molecule has 1 unspecified atom stereocenters. The van der Waals surface area contributed by atoms with Crippen LogP contribution in [0.2, 0.25) is 0 Å². The van der Waals surface area contributed by atoms with E-state index < -0.39 is 12.0 Å². The minimum atomic E-state index is -1.04. The van der Waals surface area contributed by atoms with E-state index in [2.05, 4.69) is 5.10 Å². The van der Waals surface area contributed by atoms with Gasteiger partial charge in [0.25, 0.3) is 0 Å². The van der Waals surface area contributed by atoms with Crippen molar-refractivity contribution in [2.45, 2.75) is 12.5 Å². The SMILES string of the molecule is Cn1nc(C#N)c2cc(CC(N)C(=O)O)ccc21. The maximum absolute atomic E-state index is 10.7. The number of carboxylic acid groups (broad SMARTS) is 1. The molecule has 2 rings (SSSR count). The Morgan fingerprint density at radius 2 is 2.39 bits per heavy atom. The molecule has 0 bridgehead atoms. The Hall–Kier alpha value is -2.39. The number of nitrogens with two attached hydrogens (primary N) is 1. The molecule has 0 amide bonds. The third-order valence-corrected chi connectivity index (χ3v) is 2.79. The van der Waals surface area contributed by atoms with Gasteiger partial charge in [0.2, 0.25) is 0 Å². The molecule has 0 aliphatic carbocycles. The third-order valence-electron chi connectivity index (χ3n) is 2.79. The lowest BCUT2D eigenvalue weighted by Gasteiger charge is -2.06. The van der Waals surface area contributed by atoms with Crippen molar-refractivity contribution in [3.05, 3.63) is 29.5 Å². The summed E-state index contributed by atoms with van der Waals surface area (Å²) >= 11 is 0. The maximum Gasteiger partial charge on any atom is 0.320 e. The molecule has 3 N–H and O–H groups in total. The topological polar surface area (TPSA) is 105 Å². The van der Waals surface area contributed by atoms with Crippen LogP contribution in [-0.2, 0) is 18.3 Å². The fraction of sp³-hybridized carbons (Fsp3) is 0.250. The van der Waals surface area contributed by atoms with Gasteiger partial charge in [-0.2, -0.15) is 10.4 Å². The van der Waals surface area contributed by atoms with Crippen LogP contribution in [0.15, 0.2) is 18.2 Å². The Labute approximate surface area is 103 Å². The minimum absolute atomic E-state index is 0.227. The van der Waals surface area contributed by atoms with Crippen LogP contribution >= 0.6 is 0 Å². The zero-order valence-corrected chi connectivity index (χ0v) is 9.79. The minimum Gasteiger partial charge on any atom is -0.480 e. The predicted molar refractivity (Wildman–Crippen MR) is 64.7 cm³/mol. The van der Waals surface area contributed by atoms with E-state index in [1.54, 1.807) is 23.9 Å². The fourth-order valence-electron chi connectivity index (χ4n) is 1.86. The van der Waals surface area contributed by atoms with Crippen molar-refractivity contribution in [2.24, 2.45) is 12.8 Å². The van der Waals surface area contributed by atoms with Crippen LogP contribution < -0.4 is 5.73 Å². The van der Waals surface area contributed by atoms with E-state index in [-0.39, 0.29) is 6.42 Å². The molecule has 92 valence electrons. The highest BCUT2D eigenvalue weighted by Crippen LogP contribution is 2.19. The monoisotopic (exact) mass is 244 g/mol. The number of carbonyl (C=O) groups is 1. The van der Waals surface area contributed by atoms with Crippen LogP contribution in [0.4, 0.5) is 0 Å². The normalized spacial score (nSPS) is 12.3. The quantitative estimate of drug-likeness (QED) is 0.813. The molecule has 1 aromatic heterocycles. The molecular weight excluding hydrogens is 232 g/mol. The molecule has 0 aliphatic rings. The molecule has 0 saturated carbocycles. The molecule has 6 nitrogen and oxygen atoms in total. The second-order valence-corrected chi connectivity index (χ2v) is 4.08. The summed E-state index contributed by atoms with van der Waals surface area (Å²) in [5, 5.41) is 22.5. The first-order valence-corrected chi connectivity index (χ1v) is 5.37. The summed E-state index contributed by atoms with van der Waals surface area (Å²) in [5.41, 5.74) is 7.43. The van der Waals surface area contributed by atoms with Gasteiger partial charge >= 0.3 is 5.97 Å². The first-order valence-electron chi connectivity index (χ1n) is 5.37. The number of carboxylic acids is 1. The molecule has 1 aromatic carbocycles. The molecule has 0 radical (unpaired) electrons. The van der Waals surface area contributed by atoms with Gasteiger partial charge in [-0.1, -0.05) is 6.07 Å². The predicted octanol–water partition coefficient (Wildman–Crippen LogP) is 0.399. The van der Waals surface area contributed by atoms with Crippen molar-refractivity contribution in [2.75, 3.05) is 0 Å². The van der Waals surface area contributed by atoms with E-state index in [1.165, 1.54) is 0 Å². The molecular formula is C12H12N4O2. The van der Waals surface area contributed by atoms with Crippen molar-refractivity contribution in [3.8, 4) is 6.07 Å². The summed E-state index contributed by atoms with van der Waals surface area (Å²) < 4.78 is 1.62. The van der Waals surface area contributed by atoms with Crippen LogP contribution in [0, 0.1) is 11.3 Å². The maximum atomic E-state index is 10.7. The largest absolute Gasteiger partial charge is 0.480 e. The van der Waals surface area contributed by atoms with Gasteiger partial charge in [0.05, 0.1) is 5.52 Å². The summed E-state index contributed by atoms with van der Waals surface area (Å²) in [5.74, 6) is -1.04. The second kappa shape index (κ2) is 4.47. The summed E-state index contributed by atoms with van der Waals surface area (Å²) in [4.78, 5) is 10.7. The van der Waals surface area contributed by atoms with Gasteiger partial charge in [0.15, 0.2) is 5.69 Å². The number of nitriles is 1. The van der Waals surface area contributed by atoms with Gasteiger partial charge in [-0.25, -0.2) is 0 Å². The number of aromatic nitrogens is 2. The molecule has 0 spiro atoms. The lowest BCUT2D eigenvalue weighted by Crippen LogP contribution is -2.32. The van der Waals surface area contributed by atoms with E-state index in [0.717, 1.165) is 16.5 Å². The Bertz CT molecular complexity index is 654. The third kappa shape index (κ3) is 2.04. The van der Waals surface area contributed by atoms with Gasteiger partial charge in [0.1, 0.15) is 12.1 Å². The van der Waals surface area contributed by atoms with Crippen molar-refractivity contribution >= 4 is 16.9 Å². The number of aryl methyl sites for hydroxylation is 1. The van der Waals surface area contributed by atoms with E-state index in [0.29, 0.717) is 5.69 Å². The molecule has 1 atom stereocenters. The lowest BCUT2D eigenvalue weighted by atomic mass is 10.0. The molecule has 2 aromatic rings. The van der Waals surface area contributed by atoms with Crippen molar-refractivity contribution < 1.29 is 9.90 Å². The summed E-state index contributed by atoms with van der Waals surface area (Å²) in [6.07, 6.45) is 0.227. The lowest BCUT2D eigenvalue weighted by molar-refractivity contribution is -0.138. The Morgan fingerprint density at radius 1 is 1.67 bits per heavy atom. The number of fused-ring (bicyclic) bond motifs is 1. The molecule has 0 saturated heterocycles. The molecule has 1 heterocycles. The van der Waals surface area contributed by atoms with Gasteiger partial charge < -0.3 is 10.8 Å². The van der Waals surface area contributed by atoms with E-state index in [4.69, 9.17) is 16.1 Å². The van der Waals surface area contributed by atoms with Gasteiger partial charge in [-0.3, -0.25) is 9.48 Å². The zero-order chi connectivity index (χ0) is 13.3. The van der Waals surface area contributed by atoms with E-state index in [1.807, 2.05) is 12.1 Å². The number of nitrogens with zero attached hydrogens (tertiary/aromatic N) is 3. The fourth-order valence-corrected chi connectivity index (χ4v) is 1.86. The highest BCUT2D eigenvalue weighted by Gasteiger charge is 2.14. The Kier molecular flexibility index (Phi) is 3.00. The average molecular weight is 244 g/mol. The molecule has 0 fully saturated rings. The van der Waals surface area contributed by atoms with Gasteiger partial charge in [-0.15, -0.1) is 0 Å². The standard InChI is InChI=1S/C12H12N4O2/c1-16-11-3-2-7(5-9(14)12(17)18)4-8(11)10(6-13)15-16/h2-4,9H,5,14H2,1H3,(H,17,18). The van der Waals surface area contributed by atoms with Crippen molar-refractivity contribution in [3.63, 3.8) is 0 Å². The summed E-state index contributed by atoms with van der Waals surface area (Å²) in [7, 11) is 1.76. The van der Waals surface area contributed by atoms with Crippen LogP contribution in [0.1, 0.15) is 11.3 Å². The highest BCUT2D eigenvalue weighted by molar-refractivity contribution is 5.85. The Morgan fingerprint density at radius 3 is 3.00 bits per heavy atom. The smallest absolute Gasteiger partial charge is 0.320 e. The van der Waals surface area contributed by atoms with Crippen LogP contribution in [-0.4, -0.2) is 26.9 Å². The van der Waals surface area contributed by atoms with Crippen molar-refractivity contribution in [1.82, 2.24) is 9.78 Å².